The molecule has 2 heterocycles. The second-order valence-electron chi connectivity index (χ2n) is 5.33. The maximum absolute atomic E-state index is 12.0. The lowest BCUT2D eigenvalue weighted by Gasteiger charge is -2.29. The predicted molar refractivity (Wildman–Crippen MR) is 69.6 cm³/mol. The van der Waals surface area contributed by atoms with E-state index >= 15 is 0 Å². The first kappa shape index (κ1) is 11.5. The van der Waals surface area contributed by atoms with E-state index in [2.05, 4.69) is 28.8 Å². The third kappa shape index (κ3) is 1.95. The summed E-state index contributed by atoms with van der Waals surface area (Å²) >= 11 is 1.51. The van der Waals surface area contributed by atoms with Crippen LogP contribution in [0.4, 0.5) is 0 Å². The summed E-state index contributed by atoms with van der Waals surface area (Å²) < 4.78 is 0. The molecule has 0 aliphatic heterocycles. The molecule has 0 bridgehead atoms. The Kier molecular flexibility index (Phi) is 2.52. The van der Waals surface area contributed by atoms with Crippen molar-refractivity contribution in [2.24, 2.45) is 5.41 Å². The van der Waals surface area contributed by atoms with E-state index < -0.39 is 0 Å². The predicted octanol–water partition coefficient (Wildman–Crippen LogP) is 2.76. The monoisotopic (exact) mass is 259 g/mol. The van der Waals surface area contributed by atoms with E-state index in [1.54, 1.807) is 12.4 Å². The van der Waals surface area contributed by atoms with Gasteiger partial charge < -0.3 is 0 Å². The number of thiazole rings is 1. The van der Waals surface area contributed by atoms with Crippen molar-refractivity contribution in [3.05, 3.63) is 29.0 Å². The van der Waals surface area contributed by atoms with E-state index in [1.807, 2.05) is 5.38 Å². The summed E-state index contributed by atoms with van der Waals surface area (Å²) in [5.74, 6) is 0.765. The van der Waals surface area contributed by atoms with Crippen LogP contribution in [0.15, 0.2) is 17.8 Å². The van der Waals surface area contributed by atoms with Crippen molar-refractivity contribution >= 4 is 17.1 Å². The van der Waals surface area contributed by atoms with Crippen LogP contribution in [0.3, 0.4) is 0 Å². The average molecular weight is 259 g/mol. The van der Waals surface area contributed by atoms with E-state index in [1.165, 1.54) is 11.3 Å². The van der Waals surface area contributed by atoms with Gasteiger partial charge >= 0.3 is 0 Å². The standard InChI is InChI=1S/C13H13N3OS/c1-13(2)5-9-8(10(17)6-13)7-15-11(16-9)12-14-3-4-18-12/h3-4,7H,5-6H2,1-2H3. The number of carbonyl (C=O) groups is 1. The fourth-order valence-electron chi connectivity index (χ4n) is 2.27. The van der Waals surface area contributed by atoms with Crippen LogP contribution in [0.1, 0.15) is 36.3 Å². The SMILES string of the molecule is CC1(C)CC(=O)c2cnc(-c3nccs3)nc2C1. The number of nitrogens with zero attached hydrogens (tertiary/aromatic N) is 3. The van der Waals surface area contributed by atoms with Gasteiger partial charge in [0.1, 0.15) is 0 Å². The van der Waals surface area contributed by atoms with Gasteiger partial charge in [0, 0.05) is 24.2 Å². The molecule has 18 heavy (non-hydrogen) atoms. The van der Waals surface area contributed by atoms with Gasteiger partial charge in [0.05, 0.1) is 11.3 Å². The minimum Gasteiger partial charge on any atom is -0.294 e. The zero-order valence-electron chi connectivity index (χ0n) is 10.3. The fourth-order valence-corrected chi connectivity index (χ4v) is 2.84. The molecule has 92 valence electrons. The van der Waals surface area contributed by atoms with Crippen LogP contribution in [0.25, 0.3) is 10.8 Å². The molecule has 0 amide bonds. The highest BCUT2D eigenvalue weighted by Gasteiger charge is 2.32. The third-order valence-electron chi connectivity index (χ3n) is 3.08. The van der Waals surface area contributed by atoms with Crippen LogP contribution in [0.2, 0.25) is 0 Å². The highest BCUT2D eigenvalue weighted by atomic mass is 32.1. The molecule has 1 aliphatic rings. The van der Waals surface area contributed by atoms with Crippen LogP contribution in [-0.2, 0) is 6.42 Å². The van der Waals surface area contributed by atoms with Crippen molar-refractivity contribution in [2.75, 3.05) is 0 Å². The number of rotatable bonds is 1. The Labute approximate surface area is 109 Å². The van der Waals surface area contributed by atoms with Gasteiger partial charge in [0.25, 0.3) is 0 Å². The van der Waals surface area contributed by atoms with Gasteiger partial charge in [-0.25, -0.2) is 15.0 Å². The number of hydrogen-bond acceptors (Lipinski definition) is 5. The minimum absolute atomic E-state index is 0.0153. The first-order chi connectivity index (χ1) is 8.55. The van der Waals surface area contributed by atoms with Crippen molar-refractivity contribution in [3.8, 4) is 10.8 Å². The number of carbonyl (C=O) groups excluding carboxylic acids is 1. The van der Waals surface area contributed by atoms with Gasteiger partial charge in [-0.1, -0.05) is 13.8 Å². The number of hydrogen-bond donors (Lipinski definition) is 0. The summed E-state index contributed by atoms with van der Waals surface area (Å²) in [5.41, 5.74) is 1.52. The highest BCUT2D eigenvalue weighted by molar-refractivity contribution is 7.12. The van der Waals surface area contributed by atoms with Crippen LogP contribution in [0, 0.1) is 5.41 Å². The molecule has 0 aromatic carbocycles. The molecule has 0 spiro atoms. The van der Waals surface area contributed by atoms with Crippen molar-refractivity contribution in [1.82, 2.24) is 15.0 Å². The van der Waals surface area contributed by atoms with Crippen LogP contribution in [-0.4, -0.2) is 20.7 Å². The highest BCUT2D eigenvalue weighted by Crippen LogP contribution is 2.34. The van der Waals surface area contributed by atoms with Crippen molar-refractivity contribution in [1.29, 1.82) is 0 Å². The smallest absolute Gasteiger partial charge is 0.188 e. The van der Waals surface area contributed by atoms with Crippen LogP contribution < -0.4 is 0 Å². The molecule has 2 aromatic heterocycles. The number of ketones is 1. The van der Waals surface area contributed by atoms with Gasteiger partial charge in [0.15, 0.2) is 16.6 Å². The maximum atomic E-state index is 12.0. The van der Waals surface area contributed by atoms with Gasteiger partial charge in [-0.15, -0.1) is 11.3 Å². The molecule has 0 saturated carbocycles. The third-order valence-corrected chi connectivity index (χ3v) is 3.85. The molecule has 4 nitrogen and oxygen atoms in total. The van der Waals surface area contributed by atoms with Gasteiger partial charge in [-0.2, -0.15) is 0 Å². The lowest BCUT2D eigenvalue weighted by Crippen LogP contribution is -2.28. The topological polar surface area (TPSA) is 55.7 Å². The largest absolute Gasteiger partial charge is 0.294 e. The Hall–Kier alpha value is -1.62. The summed E-state index contributed by atoms with van der Waals surface area (Å²) in [7, 11) is 0. The van der Waals surface area contributed by atoms with E-state index in [-0.39, 0.29) is 11.2 Å². The Balaban J connectivity index is 2.08. The Bertz CT molecular complexity index is 605. The quantitative estimate of drug-likeness (QED) is 0.790. The van der Waals surface area contributed by atoms with E-state index in [9.17, 15) is 4.79 Å². The van der Waals surface area contributed by atoms with E-state index in [4.69, 9.17) is 0 Å². The zero-order chi connectivity index (χ0) is 12.8. The number of Topliss-reactive ketones (excluding diaryl/α,β-unsaturated/α-hetero) is 1. The number of fused-ring (bicyclic) bond motifs is 1. The van der Waals surface area contributed by atoms with Gasteiger partial charge in [-0.3, -0.25) is 4.79 Å². The average Bonchev–Trinajstić information content (AvgIpc) is 2.79. The molecule has 0 radical (unpaired) electrons. The fraction of sp³-hybridized carbons (Fsp3) is 0.385. The summed E-state index contributed by atoms with van der Waals surface area (Å²) in [4.78, 5) is 25.0. The molecular formula is C13H13N3OS. The molecule has 1 aliphatic carbocycles. The Morgan fingerprint density at radius 3 is 2.83 bits per heavy atom. The van der Waals surface area contributed by atoms with E-state index in [0.717, 1.165) is 17.1 Å². The van der Waals surface area contributed by atoms with Gasteiger partial charge in [-0.05, 0) is 11.8 Å². The van der Waals surface area contributed by atoms with Crippen LogP contribution >= 0.6 is 11.3 Å². The van der Waals surface area contributed by atoms with Gasteiger partial charge in [0.2, 0.25) is 0 Å². The molecule has 0 atom stereocenters. The second kappa shape index (κ2) is 3.95. The van der Waals surface area contributed by atoms with Crippen LogP contribution in [0.5, 0.6) is 0 Å². The maximum Gasteiger partial charge on any atom is 0.188 e. The van der Waals surface area contributed by atoms with Crippen molar-refractivity contribution in [3.63, 3.8) is 0 Å². The zero-order valence-corrected chi connectivity index (χ0v) is 11.1. The molecule has 5 heteroatoms. The summed E-state index contributed by atoms with van der Waals surface area (Å²) in [6.07, 6.45) is 4.77. The Morgan fingerprint density at radius 2 is 2.11 bits per heavy atom. The molecule has 2 aromatic rings. The summed E-state index contributed by atoms with van der Waals surface area (Å²) in [6.45, 7) is 4.19. The lowest BCUT2D eigenvalue weighted by molar-refractivity contribution is 0.0910. The molecule has 0 saturated heterocycles. The minimum atomic E-state index is -0.0153. The van der Waals surface area contributed by atoms with Crippen molar-refractivity contribution in [2.45, 2.75) is 26.7 Å². The lowest BCUT2D eigenvalue weighted by atomic mass is 9.76. The molecule has 0 unspecified atom stereocenters. The first-order valence-corrected chi connectivity index (χ1v) is 6.72. The molecule has 3 rings (SSSR count). The Morgan fingerprint density at radius 1 is 1.28 bits per heavy atom. The number of aromatic nitrogens is 3. The molecular weight excluding hydrogens is 246 g/mol. The second-order valence-corrected chi connectivity index (χ2v) is 6.23. The first-order valence-electron chi connectivity index (χ1n) is 5.84. The summed E-state index contributed by atoms with van der Waals surface area (Å²) in [6, 6.07) is 0. The van der Waals surface area contributed by atoms with E-state index in [0.29, 0.717) is 17.8 Å². The molecule has 0 N–H and O–H groups in total. The summed E-state index contributed by atoms with van der Waals surface area (Å²) in [5, 5.41) is 2.70. The normalized spacial score (nSPS) is 17.6. The molecule has 0 fully saturated rings. The van der Waals surface area contributed by atoms with Crippen molar-refractivity contribution < 1.29 is 4.79 Å².